The zero-order valence-electron chi connectivity index (χ0n) is 14.6. The Labute approximate surface area is 167 Å². The Kier molecular flexibility index (Phi) is 5.55. The fourth-order valence-electron chi connectivity index (χ4n) is 2.46. The maximum absolute atomic E-state index is 12.2. The van der Waals surface area contributed by atoms with Crippen LogP contribution >= 0.6 is 15.9 Å². The van der Waals surface area contributed by atoms with E-state index in [1.807, 2.05) is 0 Å². The number of hydrogen-bond donors (Lipinski definition) is 3. The molecule has 3 N–H and O–H groups in total. The Hall–Kier alpha value is -3.46. The van der Waals surface area contributed by atoms with E-state index >= 15 is 0 Å². The Morgan fingerprint density at radius 3 is 2.39 bits per heavy atom. The molecule has 0 fully saturated rings. The van der Waals surface area contributed by atoms with Gasteiger partial charge in [-0.3, -0.25) is 19.6 Å². The minimum Gasteiger partial charge on any atom is -0.493 e. The van der Waals surface area contributed by atoms with Crippen LogP contribution in [-0.4, -0.2) is 26.8 Å². The van der Waals surface area contributed by atoms with Crippen molar-refractivity contribution in [3.05, 3.63) is 79.4 Å². The molecule has 2 aromatic carbocycles. The molecule has 1 amide bonds. The predicted molar refractivity (Wildman–Crippen MR) is 110 cm³/mol. The molecule has 0 spiro atoms. The average Bonchev–Trinajstić information content (AvgIpc) is 2.63. The summed E-state index contributed by atoms with van der Waals surface area (Å²) < 4.78 is 1.78. The van der Waals surface area contributed by atoms with E-state index in [9.17, 15) is 19.5 Å². The number of nitrogens with one attached hydrogen (secondary N) is 2. The summed E-state index contributed by atoms with van der Waals surface area (Å²) >= 11 is 3.30. The summed E-state index contributed by atoms with van der Waals surface area (Å²) in [4.78, 5) is 41.6. The van der Waals surface area contributed by atoms with E-state index in [2.05, 4.69) is 31.2 Å². The number of aromatic nitrogens is 2. The van der Waals surface area contributed by atoms with E-state index in [4.69, 9.17) is 0 Å². The van der Waals surface area contributed by atoms with Crippen molar-refractivity contribution in [3.8, 4) is 11.6 Å². The van der Waals surface area contributed by atoms with Crippen molar-refractivity contribution >= 4 is 39.4 Å². The molecule has 8 nitrogen and oxygen atoms in total. The number of halogens is 1. The van der Waals surface area contributed by atoms with E-state index in [0.717, 1.165) is 9.04 Å². The Bertz CT molecular complexity index is 1160. The van der Waals surface area contributed by atoms with Crippen LogP contribution in [0, 0.1) is 0 Å². The maximum Gasteiger partial charge on any atom is 0.335 e. The smallest absolute Gasteiger partial charge is 0.335 e. The number of anilines is 1. The van der Waals surface area contributed by atoms with Crippen LogP contribution in [0.3, 0.4) is 0 Å². The maximum atomic E-state index is 12.2. The van der Waals surface area contributed by atoms with E-state index in [1.54, 1.807) is 48.5 Å². The van der Waals surface area contributed by atoms with E-state index in [0.29, 0.717) is 17.1 Å². The quantitative estimate of drug-likeness (QED) is 0.538. The van der Waals surface area contributed by atoms with Gasteiger partial charge in [-0.25, -0.2) is 9.36 Å². The normalized spacial score (nSPS) is 10.9. The van der Waals surface area contributed by atoms with Gasteiger partial charge < -0.3 is 10.4 Å². The summed E-state index contributed by atoms with van der Waals surface area (Å²) in [5.74, 6) is -0.711. The van der Waals surface area contributed by atoms with Crippen LogP contribution in [0.15, 0.2) is 67.6 Å². The summed E-state index contributed by atoms with van der Waals surface area (Å²) in [6.45, 7) is 1.40. The Balaban J connectivity index is 1.98. The van der Waals surface area contributed by atoms with Gasteiger partial charge in [-0.05, 0) is 48.5 Å². The molecule has 0 aliphatic rings. The van der Waals surface area contributed by atoms with Gasteiger partial charge in [-0.1, -0.05) is 15.9 Å². The number of amides is 1. The molecule has 0 radical (unpaired) electrons. The number of H-pyrrole nitrogens is 1. The average molecular weight is 443 g/mol. The molecule has 0 aliphatic carbocycles. The lowest BCUT2D eigenvalue weighted by Crippen LogP contribution is -2.31. The highest BCUT2D eigenvalue weighted by molar-refractivity contribution is 9.10. The van der Waals surface area contributed by atoms with E-state index < -0.39 is 17.1 Å². The fraction of sp³-hybridized carbons (Fsp3) is 0.0526. The van der Waals surface area contributed by atoms with Crippen molar-refractivity contribution in [2.24, 2.45) is 4.99 Å². The highest BCUT2D eigenvalue weighted by atomic mass is 79.9. The number of aromatic hydroxyl groups is 1. The first kappa shape index (κ1) is 19.3. The molecule has 28 heavy (non-hydrogen) atoms. The standard InChI is InChI=1S/C19H15BrN4O4/c1-11(25)22-14-6-4-13(5-7-14)21-10-16-17(26)23-19(28)24(18(16)27)15-8-2-12(20)3-9-15/h2-10,27H,1H3,(H,22,25)(H,23,26,28). The molecule has 142 valence electrons. The third kappa shape index (κ3) is 4.26. The monoisotopic (exact) mass is 442 g/mol. The second-order valence-corrected chi connectivity index (χ2v) is 6.71. The summed E-state index contributed by atoms with van der Waals surface area (Å²) in [6, 6.07) is 13.2. The number of aliphatic imine (C=N–C) groups is 1. The van der Waals surface area contributed by atoms with Crippen LogP contribution in [-0.2, 0) is 4.79 Å². The first-order chi connectivity index (χ1) is 13.3. The molecule has 0 unspecified atom stereocenters. The number of hydrogen-bond acceptors (Lipinski definition) is 5. The highest BCUT2D eigenvalue weighted by Crippen LogP contribution is 2.20. The molecular weight excluding hydrogens is 428 g/mol. The number of nitrogens with zero attached hydrogens (tertiary/aromatic N) is 2. The first-order valence-corrected chi connectivity index (χ1v) is 8.90. The van der Waals surface area contributed by atoms with Crippen molar-refractivity contribution < 1.29 is 9.90 Å². The van der Waals surface area contributed by atoms with Crippen LogP contribution in [0.2, 0.25) is 0 Å². The van der Waals surface area contributed by atoms with Gasteiger partial charge in [0.1, 0.15) is 5.56 Å². The summed E-state index contributed by atoms with van der Waals surface area (Å²) in [5, 5.41) is 13.1. The number of aromatic amines is 1. The lowest BCUT2D eigenvalue weighted by molar-refractivity contribution is -0.114. The van der Waals surface area contributed by atoms with Gasteiger partial charge in [0.15, 0.2) is 0 Å². The molecular formula is C19H15BrN4O4. The highest BCUT2D eigenvalue weighted by Gasteiger charge is 2.14. The number of benzene rings is 2. The molecule has 9 heteroatoms. The third-order valence-corrected chi connectivity index (χ3v) is 4.26. The van der Waals surface area contributed by atoms with Gasteiger partial charge in [0.25, 0.3) is 5.56 Å². The van der Waals surface area contributed by atoms with Crippen molar-refractivity contribution in [2.45, 2.75) is 6.92 Å². The first-order valence-electron chi connectivity index (χ1n) is 8.11. The number of carbonyl (C=O) groups is 1. The SMILES string of the molecule is CC(=O)Nc1ccc(N=Cc2c(O)n(-c3ccc(Br)cc3)c(=O)[nH]c2=O)cc1. The van der Waals surface area contributed by atoms with Crippen LogP contribution < -0.4 is 16.6 Å². The molecule has 0 bridgehead atoms. The fourth-order valence-corrected chi connectivity index (χ4v) is 2.72. The van der Waals surface area contributed by atoms with Crippen molar-refractivity contribution in [1.29, 1.82) is 0 Å². The molecule has 1 aromatic heterocycles. The summed E-state index contributed by atoms with van der Waals surface area (Å²) in [5.41, 5.74) is -0.189. The topological polar surface area (TPSA) is 117 Å². The van der Waals surface area contributed by atoms with E-state index in [1.165, 1.54) is 13.1 Å². The second-order valence-electron chi connectivity index (χ2n) is 5.79. The van der Waals surface area contributed by atoms with Gasteiger partial charge in [0.05, 0.1) is 11.4 Å². The van der Waals surface area contributed by atoms with E-state index in [-0.39, 0.29) is 11.5 Å². The zero-order valence-corrected chi connectivity index (χ0v) is 16.2. The van der Waals surface area contributed by atoms with Gasteiger partial charge in [-0.2, -0.15) is 0 Å². The summed E-state index contributed by atoms with van der Waals surface area (Å²) in [6.07, 6.45) is 1.18. The molecule has 0 saturated carbocycles. The number of rotatable bonds is 4. The van der Waals surface area contributed by atoms with Gasteiger partial charge in [0, 0.05) is 23.3 Å². The molecule has 1 heterocycles. The lowest BCUT2D eigenvalue weighted by atomic mass is 10.2. The molecule has 0 aliphatic heterocycles. The van der Waals surface area contributed by atoms with Gasteiger partial charge >= 0.3 is 5.69 Å². The Morgan fingerprint density at radius 2 is 1.79 bits per heavy atom. The molecule has 3 rings (SSSR count). The van der Waals surface area contributed by atoms with Crippen molar-refractivity contribution in [3.63, 3.8) is 0 Å². The molecule has 0 atom stereocenters. The third-order valence-electron chi connectivity index (χ3n) is 3.74. The molecule has 3 aromatic rings. The minimum atomic E-state index is -0.762. The van der Waals surface area contributed by atoms with Crippen molar-refractivity contribution in [1.82, 2.24) is 9.55 Å². The van der Waals surface area contributed by atoms with Crippen LogP contribution in [0.5, 0.6) is 5.88 Å². The zero-order chi connectivity index (χ0) is 20.3. The van der Waals surface area contributed by atoms with Crippen molar-refractivity contribution in [2.75, 3.05) is 5.32 Å². The number of carbonyl (C=O) groups excluding carboxylic acids is 1. The van der Waals surface area contributed by atoms with Crippen LogP contribution in [0.25, 0.3) is 5.69 Å². The lowest BCUT2D eigenvalue weighted by Gasteiger charge is -2.09. The van der Waals surface area contributed by atoms with Crippen LogP contribution in [0.1, 0.15) is 12.5 Å². The predicted octanol–water partition coefficient (Wildman–Crippen LogP) is 2.70. The summed E-state index contributed by atoms with van der Waals surface area (Å²) in [7, 11) is 0. The molecule has 0 saturated heterocycles. The Morgan fingerprint density at radius 1 is 1.14 bits per heavy atom. The second kappa shape index (κ2) is 8.05. The van der Waals surface area contributed by atoms with Gasteiger partial charge in [0.2, 0.25) is 11.8 Å². The van der Waals surface area contributed by atoms with Crippen LogP contribution in [0.4, 0.5) is 11.4 Å². The minimum absolute atomic E-state index is 0.159. The largest absolute Gasteiger partial charge is 0.493 e. The van der Waals surface area contributed by atoms with Gasteiger partial charge in [-0.15, -0.1) is 0 Å².